The molecule has 0 aliphatic heterocycles. The number of hydrogen-bond donors (Lipinski definition) is 1. The summed E-state index contributed by atoms with van der Waals surface area (Å²) in [6.45, 7) is 7.15. The molecule has 2 N–H and O–H groups in total. The number of anilines is 1. The van der Waals surface area contributed by atoms with Crippen LogP contribution >= 0.6 is 0 Å². The van der Waals surface area contributed by atoms with Crippen LogP contribution in [0.4, 0.5) is 10.1 Å². The van der Waals surface area contributed by atoms with Crippen LogP contribution in [-0.2, 0) is 4.74 Å². The number of hydrogen-bond acceptors (Lipinski definition) is 3. The second-order valence-corrected chi connectivity index (χ2v) is 4.75. The van der Waals surface area contributed by atoms with Crippen LogP contribution in [0.2, 0.25) is 0 Å². The second-order valence-electron chi connectivity index (χ2n) is 4.75. The van der Waals surface area contributed by atoms with Crippen LogP contribution in [0.1, 0.15) is 32.4 Å². The van der Waals surface area contributed by atoms with E-state index in [9.17, 15) is 4.39 Å². The highest BCUT2D eigenvalue weighted by Crippen LogP contribution is 2.29. The van der Waals surface area contributed by atoms with Gasteiger partial charge in [0.15, 0.2) is 0 Å². The summed E-state index contributed by atoms with van der Waals surface area (Å²) < 4.78 is 19.2. The quantitative estimate of drug-likeness (QED) is 0.848. The molecule has 1 rings (SSSR count). The molecule has 0 aromatic heterocycles. The van der Waals surface area contributed by atoms with E-state index in [0.29, 0.717) is 18.8 Å². The first-order valence-electron chi connectivity index (χ1n) is 6.28. The van der Waals surface area contributed by atoms with Crippen LogP contribution in [0.25, 0.3) is 0 Å². The molecule has 0 spiro atoms. The van der Waals surface area contributed by atoms with Crippen molar-refractivity contribution in [3.8, 4) is 0 Å². The summed E-state index contributed by atoms with van der Waals surface area (Å²) >= 11 is 0. The van der Waals surface area contributed by atoms with Crippen molar-refractivity contribution in [3.05, 3.63) is 29.6 Å². The van der Waals surface area contributed by atoms with Crippen molar-refractivity contribution in [1.82, 2.24) is 0 Å². The Labute approximate surface area is 109 Å². The third-order valence-corrected chi connectivity index (χ3v) is 2.96. The van der Waals surface area contributed by atoms with Crippen LogP contribution in [0.3, 0.4) is 0 Å². The smallest absolute Gasteiger partial charge is 0.146 e. The summed E-state index contributed by atoms with van der Waals surface area (Å²) in [5.74, 6) is -0.227. The number of rotatable bonds is 6. The van der Waals surface area contributed by atoms with E-state index in [0.717, 1.165) is 5.56 Å². The van der Waals surface area contributed by atoms with E-state index in [1.165, 1.54) is 6.07 Å². The van der Waals surface area contributed by atoms with Gasteiger partial charge in [0.2, 0.25) is 0 Å². The third-order valence-electron chi connectivity index (χ3n) is 2.96. The van der Waals surface area contributed by atoms with E-state index in [1.807, 2.05) is 31.7 Å². The summed E-state index contributed by atoms with van der Waals surface area (Å²) in [7, 11) is 1.65. The molecule has 4 heteroatoms. The molecule has 0 aliphatic carbocycles. The number of nitrogens with two attached hydrogens (primary N) is 1. The molecule has 1 unspecified atom stereocenters. The molecule has 0 saturated carbocycles. The number of ether oxygens (including phenoxy) is 1. The lowest BCUT2D eigenvalue weighted by Crippen LogP contribution is -2.35. The molecule has 18 heavy (non-hydrogen) atoms. The SMILES string of the molecule is COCCN(c1c(F)cccc1C(C)N)C(C)C. The van der Waals surface area contributed by atoms with Crippen molar-refractivity contribution < 1.29 is 9.13 Å². The molecular weight excluding hydrogens is 231 g/mol. The number of methoxy groups -OCH3 is 1. The van der Waals surface area contributed by atoms with Gasteiger partial charge in [0, 0.05) is 25.7 Å². The summed E-state index contributed by atoms with van der Waals surface area (Å²) in [5.41, 5.74) is 7.36. The molecule has 102 valence electrons. The van der Waals surface area contributed by atoms with Crippen molar-refractivity contribution >= 4 is 5.69 Å². The first-order chi connectivity index (χ1) is 8.49. The lowest BCUT2D eigenvalue weighted by atomic mass is 10.0. The molecule has 0 saturated heterocycles. The van der Waals surface area contributed by atoms with E-state index < -0.39 is 0 Å². The minimum Gasteiger partial charge on any atom is -0.383 e. The molecule has 0 heterocycles. The molecule has 0 fully saturated rings. The fourth-order valence-corrected chi connectivity index (χ4v) is 2.02. The fraction of sp³-hybridized carbons (Fsp3) is 0.571. The maximum Gasteiger partial charge on any atom is 0.146 e. The predicted molar refractivity (Wildman–Crippen MR) is 73.4 cm³/mol. The summed E-state index contributed by atoms with van der Waals surface area (Å²) in [5, 5.41) is 0. The van der Waals surface area contributed by atoms with Crippen molar-refractivity contribution in [2.75, 3.05) is 25.2 Å². The Balaban J connectivity index is 3.17. The van der Waals surface area contributed by atoms with E-state index in [-0.39, 0.29) is 17.9 Å². The van der Waals surface area contributed by atoms with Crippen LogP contribution in [0.5, 0.6) is 0 Å². The molecule has 1 aromatic carbocycles. The molecule has 1 atom stereocenters. The Morgan fingerprint density at radius 2 is 2.00 bits per heavy atom. The molecule has 0 radical (unpaired) electrons. The summed E-state index contributed by atoms with van der Waals surface area (Å²) in [4.78, 5) is 2.00. The van der Waals surface area contributed by atoms with Gasteiger partial charge in [0.25, 0.3) is 0 Å². The zero-order valence-corrected chi connectivity index (χ0v) is 11.6. The average molecular weight is 254 g/mol. The zero-order chi connectivity index (χ0) is 13.7. The lowest BCUT2D eigenvalue weighted by Gasteiger charge is -2.31. The Bertz CT molecular complexity index is 380. The lowest BCUT2D eigenvalue weighted by molar-refractivity contribution is 0.203. The van der Waals surface area contributed by atoms with Gasteiger partial charge in [0.1, 0.15) is 5.82 Å². The van der Waals surface area contributed by atoms with Crippen LogP contribution in [-0.4, -0.2) is 26.3 Å². The van der Waals surface area contributed by atoms with Crippen LogP contribution < -0.4 is 10.6 Å². The van der Waals surface area contributed by atoms with Crippen LogP contribution in [0.15, 0.2) is 18.2 Å². The predicted octanol–water partition coefficient (Wildman–Crippen LogP) is 2.71. The highest BCUT2D eigenvalue weighted by Gasteiger charge is 2.20. The first-order valence-corrected chi connectivity index (χ1v) is 6.28. The zero-order valence-electron chi connectivity index (χ0n) is 11.6. The summed E-state index contributed by atoms with van der Waals surface area (Å²) in [6.07, 6.45) is 0. The number of benzene rings is 1. The molecule has 0 bridgehead atoms. The molecule has 3 nitrogen and oxygen atoms in total. The Hall–Kier alpha value is -1.13. The highest BCUT2D eigenvalue weighted by atomic mass is 19.1. The average Bonchev–Trinajstić information content (AvgIpc) is 2.30. The minimum absolute atomic E-state index is 0.189. The normalized spacial score (nSPS) is 12.8. The maximum absolute atomic E-state index is 14.1. The van der Waals surface area contributed by atoms with E-state index in [2.05, 4.69) is 0 Å². The third kappa shape index (κ3) is 3.43. The maximum atomic E-state index is 14.1. The highest BCUT2D eigenvalue weighted by molar-refractivity contribution is 5.56. The number of nitrogens with zero attached hydrogens (tertiary/aromatic N) is 1. The Morgan fingerprint density at radius 3 is 2.50 bits per heavy atom. The summed E-state index contributed by atoms with van der Waals surface area (Å²) in [6, 6.07) is 5.05. The van der Waals surface area contributed by atoms with E-state index in [4.69, 9.17) is 10.5 Å². The second kappa shape index (κ2) is 6.71. The Kier molecular flexibility index (Phi) is 5.56. The fourth-order valence-electron chi connectivity index (χ4n) is 2.02. The first kappa shape index (κ1) is 14.9. The Morgan fingerprint density at radius 1 is 1.33 bits per heavy atom. The minimum atomic E-state index is -0.227. The van der Waals surface area contributed by atoms with Crippen molar-refractivity contribution in [2.45, 2.75) is 32.9 Å². The molecule has 0 amide bonds. The van der Waals surface area contributed by atoms with Gasteiger partial charge in [-0.1, -0.05) is 12.1 Å². The van der Waals surface area contributed by atoms with Crippen molar-refractivity contribution in [3.63, 3.8) is 0 Å². The topological polar surface area (TPSA) is 38.5 Å². The largest absolute Gasteiger partial charge is 0.383 e. The van der Waals surface area contributed by atoms with Crippen LogP contribution in [0, 0.1) is 5.82 Å². The van der Waals surface area contributed by atoms with Gasteiger partial charge in [0.05, 0.1) is 12.3 Å². The van der Waals surface area contributed by atoms with Gasteiger partial charge in [-0.2, -0.15) is 0 Å². The van der Waals surface area contributed by atoms with Crippen molar-refractivity contribution in [1.29, 1.82) is 0 Å². The number of para-hydroxylation sites is 1. The van der Waals surface area contributed by atoms with Gasteiger partial charge >= 0.3 is 0 Å². The monoisotopic (exact) mass is 254 g/mol. The van der Waals surface area contributed by atoms with E-state index in [1.54, 1.807) is 13.2 Å². The van der Waals surface area contributed by atoms with Gasteiger partial charge in [-0.15, -0.1) is 0 Å². The standard InChI is InChI=1S/C14H23FN2O/c1-10(2)17(8-9-18-4)14-12(11(3)16)6-5-7-13(14)15/h5-7,10-11H,8-9,16H2,1-4H3. The van der Waals surface area contributed by atoms with Gasteiger partial charge in [-0.05, 0) is 32.4 Å². The van der Waals surface area contributed by atoms with Gasteiger partial charge in [-0.25, -0.2) is 4.39 Å². The molecular formula is C14H23FN2O. The van der Waals surface area contributed by atoms with Gasteiger partial charge in [-0.3, -0.25) is 0 Å². The van der Waals surface area contributed by atoms with Gasteiger partial charge < -0.3 is 15.4 Å². The van der Waals surface area contributed by atoms with E-state index >= 15 is 0 Å². The molecule has 1 aromatic rings. The molecule has 0 aliphatic rings. The number of halogens is 1. The van der Waals surface area contributed by atoms with Crippen molar-refractivity contribution in [2.24, 2.45) is 5.73 Å².